The first-order valence-electron chi connectivity index (χ1n) is 10.6. The molecule has 5 heteroatoms. The van der Waals surface area contributed by atoms with Crippen LogP contribution in [0, 0.1) is 0 Å². The summed E-state index contributed by atoms with van der Waals surface area (Å²) in [6, 6.07) is 22.5. The topological polar surface area (TPSA) is 45.5 Å². The average molecular weight is 417 g/mol. The Morgan fingerprint density at radius 1 is 0.839 bits per heavy atom. The summed E-state index contributed by atoms with van der Waals surface area (Å²) in [7, 11) is 3.30. The molecule has 3 aromatic carbocycles. The zero-order valence-corrected chi connectivity index (χ0v) is 18.3. The molecule has 1 aromatic heterocycles. The molecule has 160 valence electrons. The number of hydrogen-bond acceptors (Lipinski definition) is 4. The fourth-order valence-corrected chi connectivity index (χ4v) is 3.76. The van der Waals surface area contributed by atoms with Crippen molar-refractivity contribution in [2.45, 2.75) is 26.3 Å². The molecular weight excluding hydrogens is 388 g/mol. The van der Waals surface area contributed by atoms with Gasteiger partial charge in [-0.25, -0.2) is 4.98 Å². The highest BCUT2D eigenvalue weighted by Gasteiger charge is 2.13. The molecule has 0 aliphatic rings. The van der Waals surface area contributed by atoms with Crippen LogP contribution in [0.2, 0.25) is 0 Å². The van der Waals surface area contributed by atoms with Gasteiger partial charge in [0.2, 0.25) is 0 Å². The van der Waals surface area contributed by atoms with Gasteiger partial charge in [0.05, 0.1) is 31.8 Å². The lowest BCUT2D eigenvalue weighted by Gasteiger charge is -2.12. The van der Waals surface area contributed by atoms with E-state index in [1.54, 1.807) is 14.2 Å². The molecule has 0 N–H and O–H groups in total. The SMILES string of the molecule is CCc1ccc(OCCn2c(Cc3ccc(OC)c(OC)c3)nc3ccccc32)cc1. The largest absolute Gasteiger partial charge is 0.493 e. The molecule has 4 aromatic rings. The van der Waals surface area contributed by atoms with E-state index in [9.17, 15) is 0 Å². The molecule has 0 radical (unpaired) electrons. The molecule has 4 rings (SSSR count). The van der Waals surface area contributed by atoms with Gasteiger partial charge in [0.25, 0.3) is 0 Å². The van der Waals surface area contributed by atoms with Crippen LogP contribution in [0.3, 0.4) is 0 Å². The number of para-hydroxylation sites is 2. The molecule has 0 spiro atoms. The number of nitrogens with zero attached hydrogens (tertiary/aromatic N) is 2. The minimum absolute atomic E-state index is 0.574. The van der Waals surface area contributed by atoms with E-state index in [0.29, 0.717) is 13.0 Å². The van der Waals surface area contributed by atoms with Gasteiger partial charge in [-0.3, -0.25) is 0 Å². The molecule has 0 aliphatic carbocycles. The predicted molar refractivity (Wildman–Crippen MR) is 123 cm³/mol. The number of aryl methyl sites for hydroxylation is 1. The summed E-state index contributed by atoms with van der Waals surface area (Å²) < 4.78 is 19.1. The minimum Gasteiger partial charge on any atom is -0.493 e. The van der Waals surface area contributed by atoms with Crippen molar-refractivity contribution >= 4 is 11.0 Å². The van der Waals surface area contributed by atoms with Crippen LogP contribution in [-0.4, -0.2) is 30.4 Å². The van der Waals surface area contributed by atoms with Gasteiger partial charge in [0.15, 0.2) is 11.5 Å². The van der Waals surface area contributed by atoms with Crippen LogP contribution in [0.15, 0.2) is 66.7 Å². The van der Waals surface area contributed by atoms with E-state index in [4.69, 9.17) is 19.2 Å². The van der Waals surface area contributed by atoms with Gasteiger partial charge in [0, 0.05) is 6.42 Å². The van der Waals surface area contributed by atoms with Gasteiger partial charge in [-0.2, -0.15) is 0 Å². The minimum atomic E-state index is 0.574. The maximum atomic E-state index is 6.01. The predicted octanol–water partition coefficient (Wildman–Crippen LogP) is 5.29. The van der Waals surface area contributed by atoms with Crippen LogP contribution in [0.25, 0.3) is 11.0 Å². The summed E-state index contributed by atoms with van der Waals surface area (Å²) in [5.41, 5.74) is 4.53. The monoisotopic (exact) mass is 416 g/mol. The third kappa shape index (κ3) is 4.66. The summed E-state index contributed by atoms with van der Waals surface area (Å²) in [5, 5.41) is 0. The van der Waals surface area contributed by atoms with Gasteiger partial charge < -0.3 is 18.8 Å². The molecule has 0 aliphatic heterocycles. The highest BCUT2D eigenvalue weighted by molar-refractivity contribution is 5.76. The Bertz CT molecular complexity index is 1150. The second-order valence-corrected chi connectivity index (χ2v) is 7.38. The number of benzene rings is 3. The van der Waals surface area contributed by atoms with Crippen LogP contribution >= 0.6 is 0 Å². The van der Waals surface area contributed by atoms with Crippen molar-refractivity contribution in [3.05, 3.63) is 83.7 Å². The normalized spacial score (nSPS) is 10.9. The lowest BCUT2D eigenvalue weighted by atomic mass is 10.1. The number of fused-ring (bicyclic) bond motifs is 1. The maximum Gasteiger partial charge on any atom is 0.161 e. The van der Waals surface area contributed by atoms with E-state index in [0.717, 1.165) is 52.6 Å². The summed E-state index contributed by atoms with van der Waals surface area (Å²) in [6.45, 7) is 3.45. The Morgan fingerprint density at radius 2 is 1.58 bits per heavy atom. The van der Waals surface area contributed by atoms with Crippen molar-refractivity contribution in [3.8, 4) is 17.2 Å². The Labute approximate surface area is 183 Å². The summed E-state index contributed by atoms with van der Waals surface area (Å²) in [5.74, 6) is 3.34. The zero-order valence-electron chi connectivity index (χ0n) is 18.3. The van der Waals surface area contributed by atoms with E-state index in [2.05, 4.69) is 35.8 Å². The molecule has 0 fully saturated rings. The fourth-order valence-electron chi connectivity index (χ4n) is 3.76. The lowest BCUT2D eigenvalue weighted by Crippen LogP contribution is -2.11. The molecule has 5 nitrogen and oxygen atoms in total. The number of aromatic nitrogens is 2. The van der Waals surface area contributed by atoms with Crippen LogP contribution in [0.5, 0.6) is 17.2 Å². The number of imidazole rings is 1. The van der Waals surface area contributed by atoms with E-state index in [-0.39, 0.29) is 0 Å². The molecule has 31 heavy (non-hydrogen) atoms. The van der Waals surface area contributed by atoms with Crippen LogP contribution in [0.4, 0.5) is 0 Å². The van der Waals surface area contributed by atoms with Crippen LogP contribution < -0.4 is 14.2 Å². The standard InChI is InChI=1S/C26H28N2O3/c1-4-19-9-12-21(13-10-19)31-16-15-28-23-8-6-5-7-22(23)27-26(28)18-20-11-14-24(29-2)25(17-20)30-3/h5-14,17H,4,15-16,18H2,1-3H3. The Kier molecular flexibility index (Phi) is 6.41. The van der Waals surface area contributed by atoms with Crippen molar-refractivity contribution in [3.63, 3.8) is 0 Å². The quantitative estimate of drug-likeness (QED) is 0.372. The molecular formula is C26H28N2O3. The van der Waals surface area contributed by atoms with Crippen LogP contribution in [0.1, 0.15) is 23.9 Å². The van der Waals surface area contributed by atoms with Crippen LogP contribution in [-0.2, 0) is 19.4 Å². The third-order valence-corrected chi connectivity index (χ3v) is 5.46. The Morgan fingerprint density at radius 3 is 2.32 bits per heavy atom. The third-order valence-electron chi connectivity index (χ3n) is 5.46. The van der Waals surface area contributed by atoms with Crippen molar-refractivity contribution in [1.29, 1.82) is 0 Å². The first kappa shape index (κ1) is 20.8. The molecule has 0 atom stereocenters. The maximum absolute atomic E-state index is 6.01. The second-order valence-electron chi connectivity index (χ2n) is 7.38. The zero-order chi connectivity index (χ0) is 21.6. The fraction of sp³-hybridized carbons (Fsp3) is 0.269. The Hall–Kier alpha value is -3.47. The molecule has 0 unspecified atom stereocenters. The van der Waals surface area contributed by atoms with Gasteiger partial charge in [0.1, 0.15) is 18.2 Å². The summed E-state index contributed by atoms with van der Waals surface area (Å²) in [4.78, 5) is 4.89. The number of methoxy groups -OCH3 is 2. The molecule has 1 heterocycles. The second kappa shape index (κ2) is 9.56. The highest BCUT2D eigenvalue weighted by atomic mass is 16.5. The Balaban J connectivity index is 1.55. The summed E-state index contributed by atoms with van der Waals surface area (Å²) in [6.07, 6.45) is 1.72. The van der Waals surface area contributed by atoms with Gasteiger partial charge >= 0.3 is 0 Å². The lowest BCUT2D eigenvalue weighted by molar-refractivity contribution is 0.298. The molecule has 0 amide bonds. The van der Waals surface area contributed by atoms with E-state index >= 15 is 0 Å². The number of rotatable bonds is 9. The summed E-state index contributed by atoms with van der Waals surface area (Å²) >= 11 is 0. The first-order valence-corrected chi connectivity index (χ1v) is 10.6. The number of hydrogen-bond donors (Lipinski definition) is 0. The van der Waals surface area contributed by atoms with Crippen molar-refractivity contribution in [2.75, 3.05) is 20.8 Å². The number of ether oxygens (including phenoxy) is 3. The van der Waals surface area contributed by atoms with Gasteiger partial charge in [-0.15, -0.1) is 0 Å². The van der Waals surface area contributed by atoms with Crippen molar-refractivity contribution in [2.24, 2.45) is 0 Å². The van der Waals surface area contributed by atoms with Gasteiger partial charge in [-0.05, 0) is 53.9 Å². The van der Waals surface area contributed by atoms with Crippen molar-refractivity contribution < 1.29 is 14.2 Å². The van der Waals surface area contributed by atoms with E-state index < -0.39 is 0 Å². The van der Waals surface area contributed by atoms with E-state index in [1.807, 2.05) is 42.5 Å². The van der Waals surface area contributed by atoms with Gasteiger partial charge in [-0.1, -0.05) is 37.3 Å². The molecule has 0 bridgehead atoms. The van der Waals surface area contributed by atoms with Crippen molar-refractivity contribution in [1.82, 2.24) is 9.55 Å². The smallest absolute Gasteiger partial charge is 0.161 e. The first-order chi connectivity index (χ1) is 15.2. The average Bonchev–Trinajstić information content (AvgIpc) is 3.16. The molecule has 0 saturated heterocycles. The molecule has 0 saturated carbocycles. The van der Waals surface area contributed by atoms with E-state index in [1.165, 1.54) is 5.56 Å². The highest BCUT2D eigenvalue weighted by Crippen LogP contribution is 2.29.